The van der Waals surface area contributed by atoms with E-state index in [4.69, 9.17) is 11.6 Å². The van der Waals surface area contributed by atoms with Gasteiger partial charge in [-0.25, -0.2) is 9.67 Å². The number of nitrogens with one attached hydrogen (secondary N) is 1. The summed E-state index contributed by atoms with van der Waals surface area (Å²) in [5.41, 5.74) is -0.993. The van der Waals surface area contributed by atoms with Crippen LogP contribution in [0.25, 0.3) is 0 Å². The predicted molar refractivity (Wildman–Crippen MR) is 77.0 cm³/mol. The van der Waals surface area contributed by atoms with Crippen molar-refractivity contribution in [2.75, 3.05) is 5.32 Å². The van der Waals surface area contributed by atoms with E-state index in [0.717, 1.165) is 11.8 Å². The van der Waals surface area contributed by atoms with Crippen LogP contribution < -0.4 is 5.32 Å². The number of anilines is 1. The molecular weight excluding hydrogens is 357 g/mol. The van der Waals surface area contributed by atoms with Crippen molar-refractivity contribution < 1.29 is 18.0 Å². The highest BCUT2D eigenvalue weighted by molar-refractivity contribution is 8.00. The number of carbonyl (C=O) groups excluding carboxylic acids is 1. The highest BCUT2D eigenvalue weighted by Gasteiger charge is 2.32. The zero-order valence-electron chi connectivity index (χ0n) is 11.8. The van der Waals surface area contributed by atoms with E-state index in [1.807, 2.05) is 0 Å². The molecule has 1 N–H and O–H groups in total. The van der Waals surface area contributed by atoms with Gasteiger partial charge in [0.2, 0.25) is 11.1 Å². The molecular formula is C11H10ClF3N6OS. The van der Waals surface area contributed by atoms with Gasteiger partial charge < -0.3 is 5.32 Å². The van der Waals surface area contributed by atoms with Gasteiger partial charge in [0.15, 0.2) is 5.82 Å². The Hall–Kier alpha value is -1.88. The second-order valence-corrected chi connectivity index (χ2v) is 6.10. The summed E-state index contributed by atoms with van der Waals surface area (Å²) in [6.07, 6.45) is -3.95. The Labute approximate surface area is 137 Å². The number of thioether (sulfide) groups is 1. The molecule has 0 saturated carbocycles. The minimum absolute atomic E-state index is 0.145. The van der Waals surface area contributed by atoms with Crippen molar-refractivity contribution in [3.05, 3.63) is 22.8 Å². The number of aryl methyl sites for hydroxylation is 1. The van der Waals surface area contributed by atoms with E-state index in [1.54, 1.807) is 14.0 Å². The van der Waals surface area contributed by atoms with Crippen LogP contribution in [-0.4, -0.2) is 36.3 Å². The van der Waals surface area contributed by atoms with Crippen LogP contribution >= 0.6 is 23.4 Å². The topological polar surface area (TPSA) is 85.6 Å². The molecule has 0 saturated heterocycles. The average Bonchev–Trinajstić information content (AvgIpc) is 2.85. The third kappa shape index (κ3) is 4.32. The zero-order valence-corrected chi connectivity index (χ0v) is 13.4. The third-order valence-corrected chi connectivity index (χ3v) is 4.06. The zero-order chi connectivity index (χ0) is 17.2. The number of hydrogen-bond donors (Lipinski definition) is 1. The number of hydrogen-bond acceptors (Lipinski definition) is 6. The lowest BCUT2D eigenvalue weighted by Crippen LogP contribution is -2.23. The van der Waals surface area contributed by atoms with Crippen LogP contribution in [0.2, 0.25) is 5.02 Å². The molecule has 0 aliphatic rings. The van der Waals surface area contributed by atoms with E-state index in [9.17, 15) is 18.0 Å². The van der Waals surface area contributed by atoms with Crippen molar-refractivity contribution in [1.29, 1.82) is 0 Å². The Morgan fingerprint density at radius 3 is 2.70 bits per heavy atom. The SMILES string of the molecule is CC(Sc1nnnn1C)C(=O)Nc1ncc(C(F)(F)F)cc1Cl. The van der Waals surface area contributed by atoms with Crippen LogP contribution in [0.3, 0.4) is 0 Å². The quantitative estimate of drug-likeness (QED) is 0.836. The van der Waals surface area contributed by atoms with Crippen LogP contribution in [0.4, 0.5) is 19.0 Å². The summed E-state index contributed by atoms with van der Waals surface area (Å²) < 4.78 is 39.0. The molecule has 2 aromatic heterocycles. The first-order valence-electron chi connectivity index (χ1n) is 6.11. The van der Waals surface area contributed by atoms with Crippen molar-refractivity contribution >= 4 is 35.1 Å². The lowest BCUT2D eigenvalue weighted by molar-refractivity contribution is -0.137. The number of pyridine rings is 1. The predicted octanol–water partition coefficient (Wildman–Crippen LogP) is 2.40. The molecule has 1 unspecified atom stereocenters. The molecule has 1 atom stereocenters. The lowest BCUT2D eigenvalue weighted by atomic mass is 10.2. The summed E-state index contributed by atoms with van der Waals surface area (Å²) in [6.45, 7) is 1.59. The number of halogens is 4. The van der Waals surface area contributed by atoms with Gasteiger partial charge >= 0.3 is 6.18 Å². The summed E-state index contributed by atoms with van der Waals surface area (Å²) >= 11 is 6.81. The molecule has 2 aromatic rings. The van der Waals surface area contributed by atoms with Crippen molar-refractivity contribution in [2.45, 2.75) is 23.5 Å². The molecule has 0 aromatic carbocycles. The maximum Gasteiger partial charge on any atom is 0.417 e. The van der Waals surface area contributed by atoms with Crippen molar-refractivity contribution in [3.63, 3.8) is 0 Å². The Bertz CT molecular complexity index is 722. The maximum atomic E-state index is 12.5. The van der Waals surface area contributed by atoms with Gasteiger partial charge in [-0.2, -0.15) is 13.2 Å². The fourth-order valence-corrected chi connectivity index (χ4v) is 2.40. The molecule has 124 valence electrons. The van der Waals surface area contributed by atoms with Gasteiger partial charge in [0.05, 0.1) is 15.8 Å². The fraction of sp³-hybridized carbons (Fsp3) is 0.364. The average molecular weight is 367 g/mol. The Morgan fingerprint density at radius 2 is 2.17 bits per heavy atom. The molecule has 2 heterocycles. The summed E-state index contributed by atoms with van der Waals surface area (Å²) in [5, 5.41) is 12.7. The van der Waals surface area contributed by atoms with E-state index in [0.29, 0.717) is 17.4 Å². The van der Waals surface area contributed by atoms with Gasteiger partial charge in [-0.1, -0.05) is 23.4 Å². The van der Waals surface area contributed by atoms with E-state index < -0.39 is 22.9 Å². The molecule has 0 bridgehead atoms. The van der Waals surface area contributed by atoms with Crippen LogP contribution in [0.1, 0.15) is 12.5 Å². The molecule has 0 fully saturated rings. The number of rotatable bonds is 4. The Kier molecular flexibility index (Phi) is 5.09. The van der Waals surface area contributed by atoms with Gasteiger partial charge in [-0.15, -0.1) is 5.10 Å². The number of amides is 1. The van der Waals surface area contributed by atoms with Gasteiger partial charge in [-0.05, 0) is 23.4 Å². The first kappa shape index (κ1) is 17.5. The van der Waals surface area contributed by atoms with Gasteiger partial charge in [0.1, 0.15) is 0 Å². The lowest BCUT2D eigenvalue weighted by Gasteiger charge is -2.12. The molecule has 0 spiro atoms. The molecule has 23 heavy (non-hydrogen) atoms. The van der Waals surface area contributed by atoms with Gasteiger partial charge in [-0.3, -0.25) is 4.79 Å². The molecule has 1 amide bonds. The molecule has 0 aliphatic heterocycles. The number of carbonyl (C=O) groups is 1. The molecule has 0 aliphatic carbocycles. The molecule has 0 radical (unpaired) electrons. The second-order valence-electron chi connectivity index (χ2n) is 4.39. The van der Waals surface area contributed by atoms with E-state index >= 15 is 0 Å². The standard InChI is InChI=1S/C11H10ClF3N6OS/c1-5(23-10-18-19-20-21(10)2)9(22)17-8-7(12)3-6(4-16-8)11(13,14)15/h3-5H,1-2H3,(H,16,17,22). The first-order valence-corrected chi connectivity index (χ1v) is 7.37. The summed E-state index contributed by atoms with van der Waals surface area (Å²) in [7, 11) is 1.61. The summed E-state index contributed by atoms with van der Waals surface area (Å²) in [6, 6.07) is 0.703. The first-order chi connectivity index (χ1) is 10.7. The number of aromatic nitrogens is 5. The van der Waals surface area contributed by atoms with E-state index in [-0.39, 0.29) is 10.8 Å². The molecule has 12 heteroatoms. The third-order valence-electron chi connectivity index (χ3n) is 2.64. The van der Waals surface area contributed by atoms with E-state index in [1.165, 1.54) is 4.68 Å². The highest BCUT2D eigenvalue weighted by Crippen LogP contribution is 2.32. The minimum Gasteiger partial charge on any atom is -0.308 e. The smallest absolute Gasteiger partial charge is 0.308 e. The van der Waals surface area contributed by atoms with Crippen LogP contribution in [-0.2, 0) is 18.0 Å². The van der Waals surface area contributed by atoms with Crippen molar-refractivity contribution in [2.24, 2.45) is 7.05 Å². The van der Waals surface area contributed by atoms with Crippen molar-refractivity contribution in [1.82, 2.24) is 25.2 Å². The normalized spacial score (nSPS) is 13.0. The van der Waals surface area contributed by atoms with Crippen LogP contribution in [0, 0.1) is 0 Å². The second kappa shape index (κ2) is 6.71. The minimum atomic E-state index is -4.56. The van der Waals surface area contributed by atoms with Crippen LogP contribution in [0.5, 0.6) is 0 Å². The number of tetrazole rings is 1. The largest absolute Gasteiger partial charge is 0.417 e. The summed E-state index contributed by atoms with van der Waals surface area (Å²) in [4.78, 5) is 15.6. The van der Waals surface area contributed by atoms with E-state index in [2.05, 4.69) is 25.8 Å². The monoisotopic (exact) mass is 366 g/mol. The van der Waals surface area contributed by atoms with Crippen LogP contribution in [0.15, 0.2) is 17.4 Å². The maximum absolute atomic E-state index is 12.5. The molecule has 2 rings (SSSR count). The fourth-order valence-electron chi connectivity index (χ4n) is 1.44. The van der Waals surface area contributed by atoms with Gasteiger partial charge in [0.25, 0.3) is 0 Å². The number of alkyl halides is 3. The molecule has 7 nitrogen and oxygen atoms in total. The summed E-state index contributed by atoms with van der Waals surface area (Å²) in [5.74, 6) is -0.639. The Morgan fingerprint density at radius 1 is 1.48 bits per heavy atom. The van der Waals surface area contributed by atoms with Gasteiger partial charge in [0, 0.05) is 13.2 Å². The Balaban J connectivity index is 2.06. The number of nitrogens with zero attached hydrogens (tertiary/aromatic N) is 5. The highest BCUT2D eigenvalue weighted by atomic mass is 35.5. The van der Waals surface area contributed by atoms with Crippen molar-refractivity contribution in [3.8, 4) is 0 Å².